The monoisotopic (exact) mass is 198 g/mol. The normalized spacial score (nSPS) is 22.5. The molecule has 1 heterocycles. The molecule has 0 N–H and O–H groups in total. The first-order valence-corrected chi connectivity index (χ1v) is 4.68. The van der Waals surface area contributed by atoms with E-state index in [0.717, 1.165) is 12.4 Å². The third kappa shape index (κ3) is 2.14. The number of para-hydroxylation sites is 1. The van der Waals surface area contributed by atoms with E-state index in [1.165, 1.54) is 0 Å². The first-order valence-electron chi connectivity index (χ1n) is 4.30. The average molecular weight is 199 g/mol. The maximum Gasteiger partial charge on any atom is 0.138 e. The minimum atomic E-state index is 0.0832. The molecule has 0 saturated carbocycles. The summed E-state index contributed by atoms with van der Waals surface area (Å²) in [5.74, 6) is 0.729. The summed E-state index contributed by atoms with van der Waals surface area (Å²) in [6, 6.07) is 7.47. The zero-order valence-corrected chi connectivity index (χ0v) is 8.12. The molecule has 1 aliphatic rings. The Labute approximate surface area is 82.4 Å². The molecule has 2 atom stereocenters. The first-order chi connectivity index (χ1) is 6.27. The fourth-order valence-corrected chi connectivity index (χ4v) is 1.32. The molecule has 0 radical (unpaired) electrons. The topological polar surface area (TPSA) is 21.8 Å². The van der Waals surface area contributed by atoms with Gasteiger partial charge in [-0.3, -0.25) is 0 Å². The number of halogens is 1. The van der Waals surface area contributed by atoms with Gasteiger partial charge in [0.1, 0.15) is 18.0 Å². The summed E-state index contributed by atoms with van der Waals surface area (Å²) in [4.78, 5) is 0. The van der Waals surface area contributed by atoms with Crippen molar-refractivity contribution in [3.8, 4) is 5.75 Å². The van der Waals surface area contributed by atoms with Crippen LogP contribution in [0, 0.1) is 0 Å². The predicted molar refractivity (Wildman–Crippen MR) is 51.3 cm³/mol. The minimum absolute atomic E-state index is 0.0832. The van der Waals surface area contributed by atoms with E-state index in [1.807, 2.05) is 31.2 Å². The van der Waals surface area contributed by atoms with Crippen molar-refractivity contribution in [3.05, 3.63) is 29.3 Å². The molecule has 0 aromatic heterocycles. The Morgan fingerprint density at radius 2 is 2.23 bits per heavy atom. The van der Waals surface area contributed by atoms with Gasteiger partial charge in [-0.1, -0.05) is 23.7 Å². The largest absolute Gasteiger partial charge is 0.486 e. The molecular weight excluding hydrogens is 188 g/mol. The third-order valence-corrected chi connectivity index (χ3v) is 2.34. The number of rotatable bonds is 3. The highest BCUT2D eigenvalue weighted by molar-refractivity contribution is 6.32. The molecule has 1 aromatic rings. The Bertz CT molecular complexity index is 297. The molecule has 1 saturated heterocycles. The molecule has 0 unspecified atom stereocenters. The Kier molecular flexibility index (Phi) is 2.42. The number of epoxide rings is 1. The van der Waals surface area contributed by atoms with Crippen LogP contribution in [-0.2, 0) is 4.74 Å². The summed E-state index contributed by atoms with van der Waals surface area (Å²) in [6.45, 7) is 2.78. The van der Waals surface area contributed by atoms with Crippen LogP contribution in [0.5, 0.6) is 5.75 Å². The second-order valence-corrected chi connectivity index (χ2v) is 3.53. The molecule has 0 spiro atoms. The lowest BCUT2D eigenvalue weighted by Crippen LogP contribution is -2.18. The van der Waals surface area contributed by atoms with E-state index in [-0.39, 0.29) is 12.2 Å². The zero-order valence-electron chi connectivity index (χ0n) is 7.37. The quantitative estimate of drug-likeness (QED) is 0.697. The van der Waals surface area contributed by atoms with Gasteiger partial charge in [-0.05, 0) is 19.1 Å². The van der Waals surface area contributed by atoms with Crippen molar-refractivity contribution in [3.63, 3.8) is 0 Å². The number of hydrogen-bond donors (Lipinski definition) is 0. The van der Waals surface area contributed by atoms with E-state index in [2.05, 4.69) is 0 Å². The van der Waals surface area contributed by atoms with E-state index >= 15 is 0 Å². The van der Waals surface area contributed by atoms with Gasteiger partial charge in [0.05, 0.1) is 11.6 Å². The molecule has 3 heteroatoms. The summed E-state index contributed by atoms with van der Waals surface area (Å²) in [6.07, 6.45) is 0.330. The number of ether oxygens (including phenoxy) is 2. The first kappa shape index (κ1) is 8.85. The zero-order chi connectivity index (χ0) is 9.26. The SMILES string of the molecule is C[C@H](Oc1ccccc1Cl)[C@@H]1CO1. The molecule has 13 heavy (non-hydrogen) atoms. The lowest BCUT2D eigenvalue weighted by molar-refractivity contribution is 0.176. The molecule has 0 bridgehead atoms. The van der Waals surface area contributed by atoms with Crippen LogP contribution in [0.15, 0.2) is 24.3 Å². The van der Waals surface area contributed by atoms with E-state index in [9.17, 15) is 0 Å². The van der Waals surface area contributed by atoms with E-state index < -0.39 is 0 Å². The highest BCUT2D eigenvalue weighted by Gasteiger charge is 2.31. The Morgan fingerprint density at radius 3 is 2.85 bits per heavy atom. The van der Waals surface area contributed by atoms with Crippen molar-refractivity contribution >= 4 is 11.6 Å². The van der Waals surface area contributed by atoms with Crippen LogP contribution in [0.3, 0.4) is 0 Å². The number of benzene rings is 1. The smallest absolute Gasteiger partial charge is 0.138 e. The maximum absolute atomic E-state index is 5.93. The highest BCUT2D eigenvalue weighted by Crippen LogP contribution is 2.27. The second kappa shape index (κ2) is 3.56. The Hall–Kier alpha value is -0.730. The van der Waals surface area contributed by atoms with Crippen LogP contribution >= 0.6 is 11.6 Å². The highest BCUT2D eigenvalue weighted by atomic mass is 35.5. The fraction of sp³-hybridized carbons (Fsp3) is 0.400. The van der Waals surface area contributed by atoms with Gasteiger partial charge in [0, 0.05) is 0 Å². The van der Waals surface area contributed by atoms with Crippen molar-refractivity contribution in [2.45, 2.75) is 19.1 Å². The molecule has 2 rings (SSSR count). The Morgan fingerprint density at radius 1 is 1.54 bits per heavy atom. The average Bonchev–Trinajstić information content (AvgIpc) is 2.91. The van der Waals surface area contributed by atoms with Gasteiger partial charge >= 0.3 is 0 Å². The van der Waals surface area contributed by atoms with Gasteiger partial charge < -0.3 is 9.47 Å². The molecule has 2 nitrogen and oxygen atoms in total. The van der Waals surface area contributed by atoms with Crippen molar-refractivity contribution in [1.82, 2.24) is 0 Å². The van der Waals surface area contributed by atoms with E-state index in [0.29, 0.717) is 5.02 Å². The summed E-state index contributed by atoms with van der Waals surface area (Å²) in [5, 5.41) is 0.648. The molecule has 70 valence electrons. The van der Waals surface area contributed by atoms with Gasteiger partial charge in [0.15, 0.2) is 0 Å². The van der Waals surface area contributed by atoms with Crippen molar-refractivity contribution in [1.29, 1.82) is 0 Å². The van der Waals surface area contributed by atoms with Crippen molar-refractivity contribution in [2.24, 2.45) is 0 Å². The lowest BCUT2D eigenvalue weighted by atomic mass is 10.3. The Balaban J connectivity index is 2.03. The molecule has 1 aliphatic heterocycles. The van der Waals surface area contributed by atoms with Gasteiger partial charge in [-0.15, -0.1) is 0 Å². The molecule has 0 aliphatic carbocycles. The van der Waals surface area contributed by atoms with Gasteiger partial charge in [-0.25, -0.2) is 0 Å². The summed E-state index contributed by atoms with van der Waals surface area (Å²) in [5.41, 5.74) is 0. The van der Waals surface area contributed by atoms with Crippen LogP contribution in [-0.4, -0.2) is 18.8 Å². The van der Waals surface area contributed by atoms with Crippen LogP contribution < -0.4 is 4.74 Å². The lowest BCUT2D eigenvalue weighted by Gasteiger charge is -2.12. The maximum atomic E-state index is 5.93. The summed E-state index contributed by atoms with van der Waals surface area (Å²) in [7, 11) is 0. The van der Waals surface area contributed by atoms with E-state index in [4.69, 9.17) is 21.1 Å². The standard InChI is InChI=1S/C10H11ClO2/c1-7(10-6-12-10)13-9-5-3-2-4-8(9)11/h2-5,7,10H,6H2,1H3/t7-,10-/m0/s1. The number of hydrogen-bond acceptors (Lipinski definition) is 2. The van der Waals surface area contributed by atoms with Crippen LogP contribution in [0.25, 0.3) is 0 Å². The summed E-state index contributed by atoms with van der Waals surface area (Å²) < 4.78 is 10.7. The molecule has 0 amide bonds. The minimum Gasteiger partial charge on any atom is -0.486 e. The molecule has 1 aromatic carbocycles. The van der Waals surface area contributed by atoms with Crippen molar-refractivity contribution in [2.75, 3.05) is 6.61 Å². The van der Waals surface area contributed by atoms with E-state index in [1.54, 1.807) is 0 Å². The molecule has 1 fully saturated rings. The predicted octanol–water partition coefficient (Wildman–Crippen LogP) is 2.51. The van der Waals surface area contributed by atoms with Crippen molar-refractivity contribution < 1.29 is 9.47 Å². The van der Waals surface area contributed by atoms with Crippen LogP contribution in [0.2, 0.25) is 5.02 Å². The van der Waals surface area contributed by atoms with Crippen LogP contribution in [0.4, 0.5) is 0 Å². The van der Waals surface area contributed by atoms with Gasteiger partial charge in [0.25, 0.3) is 0 Å². The summed E-state index contributed by atoms with van der Waals surface area (Å²) >= 11 is 5.93. The molecular formula is C10H11ClO2. The van der Waals surface area contributed by atoms with Crippen LogP contribution in [0.1, 0.15) is 6.92 Å². The fourth-order valence-electron chi connectivity index (χ4n) is 1.14. The third-order valence-electron chi connectivity index (χ3n) is 2.03. The van der Waals surface area contributed by atoms with Gasteiger partial charge in [-0.2, -0.15) is 0 Å². The second-order valence-electron chi connectivity index (χ2n) is 3.13. The van der Waals surface area contributed by atoms with Gasteiger partial charge in [0.2, 0.25) is 0 Å².